The quantitative estimate of drug-likeness (QED) is 0.145. The van der Waals surface area contributed by atoms with Gasteiger partial charge in [-0.2, -0.15) is 0 Å². The van der Waals surface area contributed by atoms with E-state index in [1.807, 2.05) is 0 Å². The fraction of sp³-hybridized carbons (Fsp3) is 0.0877. The van der Waals surface area contributed by atoms with Crippen molar-refractivity contribution in [1.29, 1.82) is 0 Å². The number of allylic oxidation sites excluding steroid dienone is 6. The van der Waals surface area contributed by atoms with Crippen LogP contribution < -0.4 is 9.80 Å². The van der Waals surface area contributed by atoms with Gasteiger partial charge in [0.15, 0.2) is 0 Å². The van der Waals surface area contributed by atoms with E-state index in [1.54, 1.807) is 0 Å². The van der Waals surface area contributed by atoms with Crippen molar-refractivity contribution in [1.82, 2.24) is 0 Å². The Kier molecular flexibility index (Phi) is 8.52. The number of benzene rings is 8. The monoisotopic (exact) mass is 756 g/mol. The molecule has 282 valence electrons. The number of nitrogens with zero attached hydrogens (tertiary/aromatic N) is 2. The molecule has 0 fully saturated rings. The first kappa shape index (κ1) is 35.0. The second kappa shape index (κ2) is 14.3. The Morgan fingerprint density at radius 3 is 1.86 bits per heavy atom. The third-order valence-corrected chi connectivity index (χ3v) is 12.9. The highest BCUT2D eigenvalue weighted by Crippen LogP contribution is 2.65. The molecule has 0 radical (unpaired) electrons. The second-order valence-electron chi connectivity index (χ2n) is 15.8. The van der Waals surface area contributed by atoms with Gasteiger partial charge >= 0.3 is 0 Å². The van der Waals surface area contributed by atoms with Gasteiger partial charge in [-0.25, -0.2) is 0 Å². The van der Waals surface area contributed by atoms with Crippen molar-refractivity contribution in [3.63, 3.8) is 0 Å². The number of anilines is 5. The number of fused-ring (bicyclic) bond motifs is 8. The fourth-order valence-electron chi connectivity index (χ4n) is 10.6. The third kappa shape index (κ3) is 5.40. The zero-order valence-electron chi connectivity index (χ0n) is 33.1. The first-order valence-corrected chi connectivity index (χ1v) is 20.9. The highest BCUT2D eigenvalue weighted by Gasteiger charge is 2.53. The van der Waals surface area contributed by atoms with Crippen LogP contribution in [0.5, 0.6) is 0 Å². The molecule has 0 saturated carbocycles. The van der Waals surface area contributed by atoms with Crippen molar-refractivity contribution in [2.75, 3.05) is 16.3 Å². The maximum atomic E-state index is 4.65. The molecule has 8 aromatic rings. The van der Waals surface area contributed by atoms with E-state index in [0.717, 1.165) is 31.5 Å². The van der Waals surface area contributed by atoms with E-state index >= 15 is 0 Å². The van der Waals surface area contributed by atoms with Crippen LogP contribution in [0.25, 0.3) is 32.7 Å². The molecule has 8 aromatic carbocycles. The first-order valence-electron chi connectivity index (χ1n) is 20.9. The zero-order valence-corrected chi connectivity index (χ0v) is 33.1. The second-order valence-corrected chi connectivity index (χ2v) is 15.8. The van der Waals surface area contributed by atoms with Gasteiger partial charge in [0.1, 0.15) is 0 Å². The van der Waals surface area contributed by atoms with Crippen molar-refractivity contribution in [3.8, 4) is 11.1 Å². The van der Waals surface area contributed by atoms with Gasteiger partial charge < -0.3 is 9.80 Å². The molecule has 0 amide bonds. The minimum Gasteiger partial charge on any atom is -0.341 e. The molecule has 0 N–H and O–H groups in total. The van der Waals surface area contributed by atoms with Crippen LogP contribution in [-0.2, 0) is 5.41 Å². The van der Waals surface area contributed by atoms with Gasteiger partial charge in [-0.05, 0) is 111 Å². The van der Waals surface area contributed by atoms with E-state index in [-0.39, 0.29) is 0 Å². The predicted octanol–water partition coefficient (Wildman–Crippen LogP) is 15.1. The first-order chi connectivity index (χ1) is 29.3. The molecule has 0 bridgehead atoms. The van der Waals surface area contributed by atoms with Crippen LogP contribution in [-0.4, -0.2) is 6.54 Å². The summed E-state index contributed by atoms with van der Waals surface area (Å²) < 4.78 is 0. The third-order valence-electron chi connectivity index (χ3n) is 12.9. The smallest absolute Gasteiger partial charge is 0.0685 e. The van der Waals surface area contributed by atoms with E-state index in [4.69, 9.17) is 0 Å². The van der Waals surface area contributed by atoms with E-state index in [0.29, 0.717) is 0 Å². The summed E-state index contributed by atoms with van der Waals surface area (Å²) in [4.78, 5) is 5.01. The number of para-hydroxylation sites is 2. The molecule has 0 saturated heterocycles. The van der Waals surface area contributed by atoms with E-state index < -0.39 is 5.41 Å². The predicted molar refractivity (Wildman–Crippen MR) is 249 cm³/mol. The average molecular weight is 757 g/mol. The largest absolute Gasteiger partial charge is 0.341 e. The normalized spacial score (nSPS) is 16.4. The molecular formula is C57H44N2. The van der Waals surface area contributed by atoms with Crippen molar-refractivity contribution in [2.24, 2.45) is 0 Å². The summed E-state index contributed by atoms with van der Waals surface area (Å²) in [7, 11) is 0. The van der Waals surface area contributed by atoms with E-state index in [9.17, 15) is 0 Å². The SMILES string of the molecule is C=CC1=C(CCN(c2ccccc2)c2cccc3ccccc23)C2=C(CCC=C2)C12c1ccccc1-c1c(N(c3ccccc3)c3cccc4ccccc34)cccc12. The van der Waals surface area contributed by atoms with Gasteiger partial charge in [0.05, 0.1) is 16.8 Å². The molecular weight excluding hydrogens is 713 g/mol. The van der Waals surface area contributed by atoms with Crippen LogP contribution in [0, 0.1) is 0 Å². The molecule has 1 unspecified atom stereocenters. The Labute approximate surface area is 347 Å². The number of hydrogen-bond acceptors (Lipinski definition) is 2. The Morgan fingerprint density at radius 2 is 1.12 bits per heavy atom. The summed E-state index contributed by atoms with van der Waals surface area (Å²) in [5, 5.41) is 4.96. The van der Waals surface area contributed by atoms with Gasteiger partial charge in [0.2, 0.25) is 0 Å². The highest BCUT2D eigenvalue weighted by atomic mass is 15.1. The topological polar surface area (TPSA) is 6.48 Å². The minimum absolute atomic E-state index is 0.447. The number of rotatable bonds is 9. The Hall–Kier alpha value is -7.16. The maximum absolute atomic E-state index is 4.65. The van der Waals surface area contributed by atoms with Crippen LogP contribution in [0.1, 0.15) is 30.4 Å². The summed E-state index contributed by atoms with van der Waals surface area (Å²) in [6.07, 6.45) is 9.90. The van der Waals surface area contributed by atoms with Crippen LogP contribution in [0.15, 0.2) is 235 Å². The molecule has 59 heavy (non-hydrogen) atoms. The lowest BCUT2D eigenvalue weighted by atomic mass is 9.67. The highest BCUT2D eigenvalue weighted by molar-refractivity contribution is 6.04. The number of hydrogen-bond donors (Lipinski definition) is 0. The van der Waals surface area contributed by atoms with Crippen molar-refractivity contribution < 1.29 is 0 Å². The molecule has 1 atom stereocenters. The molecule has 3 aliphatic carbocycles. The van der Waals surface area contributed by atoms with Gasteiger partial charge in [0, 0.05) is 39.9 Å². The van der Waals surface area contributed by atoms with Crippen LogP contribution in [0.2, 0.25) is 0 Å². The van der Waals surface area contributed by atoms with Crippen molar-refractivity contribution in [3.05, 3.63) is 246 Å². The van der Waals surface area contributed by atoms with E-state index in [1.165, 1.54) is 88.8 Å². The lowest BCUT2D eigenvalue weighted by molar-refractivity contribution is 0.703. The van der Waals surface area contributed by atoms with E-state index in [2.05, 4.69) is 223 Å². The van der Waals surface area contributed by atoms with Crippen LogP contribution in [0.4, 0.5) is 28.4 Å². The minimum atomic E-state index is -0.447. The zero-order chi connectivity index (χ0) is 39.3. The van der Waals surface area contributed by atoms with Crippen molar-refractivity contribution >= 4 is 50.0 Å². The lowest BCUT2D eigenvalue weighted by Crippen LogP contribution is -2.28. The molecule has 1 spiro atoms. The summed E-state index contributed by atoms with van der Waals surface area (Å²) in [6.45, 7) is 5.48. The molecule has 0 aliphatic heterocycles. The van der Waals surface area contributed by atoms with Crippen LogP contribution >= 0.6 is 0 Å². The summed E-state index contributed by atoms with van der Waals surface area (Å²) in [5.74, 6) is 0. The van der Waals surface area contributed by atoms with Crippen LogP contribution in [0.3, 0.4) is 0 Å². The summed E-state index contributed by atoms with van der Waals surface area (Å²) in [5.41, 5.74) is 16.4. The van der Waals surface area contributed by atoms with Gasteiger partial charge in [-0.1, -0.05) is 170 Å². The molecule has 11 rings (SSSR count). The Balaban J connectivity index is 1.12. The summed E-state index contributed by atoms with van der Waals surface area (Å²) in [6, 6.07) is 68.9. The Bertz CT molecular complexity index is 3010. The summed E-state index contributed by atoms with van der Waals surface area (Å²) >= 11 is 0. The lowest BCUT2D eigenvalue weighted by Gasteiger charge is -2.35. The van der Waals surface area contributed by atoms with Gasteiger partial charge in [-0.15, -0.1) is 0 Å². The van der Waals surface area contributed by atoms with Crippen molar-refractivity contribution in [2.45, 2.75) is 24.7 Å². The van der Waals surface area contributed by atoms with Gasteiger partial charge in [-0.3, -0.25) is 0 Å². The average Bonchev–Trinajstić information content (AvgIpc) is 3.77. The molecule has 0 aromatic heterocycles. The standard InChI is InChI=1S/C57H44N2/c1-2-49-47(38-39-58(42-24-5-3-6-25-42)53-35-17-22-40-20-9-11-28-44(40)53)46-30-13-15-32-50(46)57(49)51-33-16-14-31-48(51)56-52(57)34-19-37-55(56)59(43-26-7-4-8-27-43)54-36-18-23-41-21-10-12-29-45(41)54/h2-14,16-31,33-37H,1,15,32,38-39H2. The molecule has 0 heterocycles. The molecule has 2 nitrogen and oxygen atoms in total. The maximum Gasteiger partial charge on any atom is 0.0685 e. The molecule has 3 aliphatic rings. The molecule has 2 heteroatoms. The fourth-order valence-corrected chi connectivity index (χ4v) is 10.6. The Morgan fingerprint density at radius 1 is 0.542 bits per heavy atom. The van der Waals surface area contributed by atoms with Gasteiger partial charge in [0.25, 0.3) is 0 Å².